The van der Waals surface area contributed by atoms with E-state index >= 15 is 0 Å². The maximum Gasteiger partial charge on any atom is 0.335 e. The van der Waals surface area contributed by atoms with Crippen LogP contribution in [0.2, 0.25) is 0 Å². The van der Waals surface area contributed by atoms with Gasteiger partial charge in [-0.2, -0.15) is 0 Å². The lowest BCUT2D eigenvalue weighted by atomic mass is 10.2. The number of carbonyl (C=O) groups is 2. The van der Waals surface area contributed by atoms with Crippen molar-refractivity contribution in [2.45, 2.75) is 13.3 Å². The smallest absolute Gasteiger partial charge is 0.335 e. The molecule has 2 N–H and O–H groups in total. The number of benzene rings is 1. The van der Waals surface area contributed by atoms with Gasteiger partial charge in [0.25, 0.3) is 0 Å². The molecule has 0 bridgehead atoms. The molecule has 0 aromatic heterocycles. The molecule has 1 aromatic rings. The van der Waals surface area contributed by atoms with Crippen LogP contribution in [0.1, 0.15) is 23.7 Å². The Balaban J connectivity index is 2.44. The van der Waals surface area contributed by atoms with Gasteiger partial charge in [-0.05, 0) is 25.1 Å². The van der Waals surface area contributed by atoms with Gasteiger partial charge in [-0.25, -0.2) is 4.79 Å². The Morgan fingerprint density at radius 3 is 2.82 bits per heavy atom. The fourth-order valence-electron chi connectivity index (χ4n) is 1.27. The molecular formula is C12H15NO4. The molecule has 0 fully saturated rings. The van der Waals surface area contributed by atoms with Crippen molar-refractivity contribution in [3.05, 3.63) is 29.8 Å². The molecule has 0 unspecified atom stereocenters. The third kappa shape index (κ3) is 4.55. The predicted molar refractivity (Wildman–Crippen MR) is 62.2 cm³/mol. The average Bonchev–Trinajstić information content (AvgIpc) is 2.30. The van der Waals surface area contributed by atoms with E-state index in [0.29, 0.717) is 12.3 Å². The fourth-order valence-corrected chi connectivity index (χ4v) is 1.27. The first kappa shape index (κ1) is 13.0. The topological polar surface area (TPSA) is 75.6 Å². The van der Waals surface area contributed by atoms with Crippen LogP contribution in [-0.2, 0) is 4.79 Å². The van der Waals surface area contributed by atoms with Crippen LogP contribution < -0.4 is 10.1 Å². The zero-order chi connectivity index (χ0) is 12.7. The monoisotopic (exact) mass is 237 g/mol. The van der Waals surface area contributed by atoms with Crippen molar-refractivity contribution in [3.63, 3.8) is 0 Å². The molecule has 0 spiro atoms. The van der Waals surface area contributed by atoms with Crippen LogP contribution in [0, 0.1) is 0 Å². The first-order valence-electron chi connectivity index (χ1n) is 5.36. The number of carboxylic acids is 1. The minimum absolute atomic E-state index is 0.0816. The standard InChI is InChI=1S/C12H15NO4/c1-2-13-11(14)6-7-17-10-5-3-4-9(8-10)12(15)16/h3-5,8H,2,6-7H2,1H3,(H,13,14)(H,15,16). The summed E-state index contributed by atoms with van der Waals surface area (Å²) in [5.74, 6) is -0.629. The molecule has 0 aliphatic rings. The largest absolute Gasteiger partial charge is 0.493 e. The van der Waals surface area contributed by atoms with Crippen molar-refractivity contribution in [2.24, 2.45) is 0 Å². The van der Waals surface area contributed by atoms with Crippen LogP contribution >= 0.6 is 0 Å². The van der Waals surface area contributed by atoms with E-state index in [2.05, 4.69) is 5.32 Å². The second-order valence-corrected chi connectivity index (χ2v) is 3.38. The lowest BCUT2D eigenvalue weighted by Crippen LogP contribution is -2.24. The molecule has 1 rings (SSSR count). The van der Waals surface area contributed by atoms with Gasteiger partial charge in [-0.15, -0.1) is 0 Å². The number of aromatic carboxylic acids is 1. The summed E-state index contributed by atoms with van der Waals surface area (Å²) < 4.78 is 5.29. The molecule has 1 aromatic carbocycles. The van der Waals surface area contributed by atoms with Gasteiger partial charge in [0.2, 0.25) is 5.91 Å². The minimum atomic E-state index is -1.00. The van der Waals surface area contributed by atoms with Gasteiger partial charge in [-0.3, -0.25) is 4.79 Å². The number of ether oxygens (including phenoxy) is 1. The number of carbonyl (C=O) groups excluding carboxylic acids is 1. The van der Waals surface area contributed by atoms with Crippen LogP contribution in [0.4, 0.5) is 0 Å². The van der Waals surface area contributed by atoms with E-state index in [1.54, 1.807) is 12.1 Å². The van der Waals surface area contributed by atoms with E-state index in [-0.39, 0.29) is 24.5 Å². The van der Waals surface area contributed by atoms with Crippen molar-refractivity contribution in [3.8, 4) is 5.75 Å². The highest BCUT2D eigenvalue weighted by Crippen LogP contribution is 2.13. The molecule has 0 aliphatic carbocycles. The summed E-state index contributed by atoms with van der Waals surface area (Å²) in [6, 6.07) is 6.17. The third-order valence-corrected chi connectivity index (χ3v) is 2.05. The van der Waals surface area contributed by atoms with Crippen molar-refractivity contribution < 1.29 is 19.4 Å². The van der Waals surface area contributed by atoms with Crippen molar-refractivity contribution in [1.82, 2.24) is 5.32 Å². The highest BCUT2D eigenvalue weighted by atomic mass is 16.5. The SMILES string of the molecule is CCNC(=O)CCOc1cccc(C(=O)O)c1. The van der Waals surface area contributed by atoms with E-state index in [1.165, 1.54) is 12.1 Å². The first-order chi connectivity index (χ1) is 8.13. The van der Waals surface area contributed by atoms with Gasteiger partial charge in [0.15, 0.2) is 0 Å². The quantitative estimate of drug-likeness (QED) is 0.781. The summed E-state index contributed by atoms with van der Waals surface area (Å²) >= 11 is 0. The highest BCUT2D eigenvalue weighted by molar-refractivity contribution is 5.88. The first-order valence-corrected chi connectivity index (χ1v) is 5.36. The number of hydrogen-bond donors (Lipinski definition) is 2. The summed E-state index contributed by atoms with van der Waals surface area (Å²) in [5, 5.41) is 11.4. The Labute approximate surface area is 99.4 Å². The Kier molecular flexibility index (Phi) is 5.00. The van der Waals surface area contributed by atoms with E-state index in [0.717, 1.165) is 0 Å². The molecule has 92 valence electrons. The van der Waals surface area contributed by atoms with E-state index in [4.69, 9.17) is 9.84 Å². The van der Waals surface area contributed by atoms with Gasteiger partial charge in [-0.1, -0.05) is 6.07 Å². The molecule has 17 heavy (non-hydrogen) atoms. The third-order valence-electron chi connectivity index (χ3n) is 2.05. The average molecular weight is 237 g/mol. The zero-order valence-electron chi connectivity index (χ0n) is 9.60. The Bertz CT molecular complexity index is 403. The van der Waals surface area contributed by atoms with Crippen LogP contribution in [0.5, 0.6) is 5.75 Å². The minimum Gasteiger partial charge on any atom is -0.493 e. The summed E-state index contributed by atoms with van der Waals surface area (Å²) in [4.78, 5) is 21.8. The fraction of sp³-hybridized carbons (Fsp3) is 0.333. The lowest BCUT2D eigenvalue weighted by Gasteiger charge is -2.06. The van der Waals surface area contributed by atoms with E-state index in [1.807, 2.05) is 6.92 Å². The maximum absolute atomic E-state index is 11.1. The van der Waals surface area contributed by atoms with Crippen LogP contribution in [0.3, 0.4) is 0 Å². The van der Waals surface area contributed by atoms with Gasteiger partial charge in [0.1, 0.15) is 5.75 Å². The number of carboxylic acid groups (broad SMARTS) is 1. The Morgan fingerprint density at radius 2 is 2.18 bits per heavy atom. The van der Waals surface area contributed by atoms with Gasteiger partial charge >= 0.3 is 5.97 Å². The summed E-state index contributed by atoms with van der Waals surface area (Å²) in [6.45, 7) is 2.66. The molecule has 0 saturated carbocycles. The predicted octanol–water partition coefficient (Wildman–Crippen LogP) is 1.29. The molecule has 0 atom stereocenters. The van der Waals surface area contributed by atoms with Gasteiger partial charge in [0.05, 0.1) is 18.6 Å². The van der Waals surface area contributed by atoms with Crippen LogP contribution in [0.15, 0.2) is 24.3 Å². The molecule has 5 heteroatoms. The molecule has 0 aliphatic heterocycles. The number of rotatable bonds is 6. The molecule has 0 saturated heterocycles. The van der Waals surface area contributed by atoms with E-state index < -0.39 is 5.97 Å². The molecule has 5 nitrogen and oxygen atoms in total. The Hall–Kier alpha value is -2.04. The van der Waals surface area contributed by atoms with Crippen molar-refractivity contribution in [2.75, 3.05) is 13.2 Å². The van der Waals surface area contributed by atoms with Crippen molar-refractivity contribution in [1.29, 1.82) is 0 Å². The van der Waals surface area contributed by atoms with Crippen molar-refractivity contribution >= 4 is 11.9 Å². The summed E-state index contributed by atoms with van der Waals surface area (Å²) in [7, 11) is 0. The van der Waals surface area contributed by atoms with Crippen LogP contribution in [-0.4, -0.2) is 30.1 Å². The molecule has 1 amide bonds. The maximum atomic E-state index is 11.1. The summed E-state index contributed by atoms with van der Waals surface area (Å²) in [5.41, 5.74) is 0.167. The molecular weight excluding hydrogens is 222 g/mol. The van der Waals surface area contributed by atoms with Gasteiger partial charge < -0.3 is 15.2 Å². The second-order valence-electron chi connectivity index (χ2n) is 3.38. The Morgan fingerprint density at radius 1 is 1.41 bits per heavy atom. The molecule has 0 heterocycles. The number of amides is 1. The zero-order valence-corrected chi connectivity index (χ0v) is 9.60. The number of nitrogens with one attached hydrogen (secondary N) is 1. The highest BCUT2D eigenvalue weighted by Gasteiger charge is 2.04. The van der Waals surface area contributed by atoms with Gasteiger partial charge in [0, 0.05) is 6.54 Å². The normalized spacial score (nSPS) is 9.71. The second kappa shape index (κ2) is 6.52. The number of hydrogen-bond acceptors (Lipinski definition) is 3. The lowest BCUT2D eigenvalue weighted by molar-refractivity contribution is -0.121. The van der Waals surface area contributed by atoms with Crippen LogP contribution in [0.25, 0.3) is 0 Å². The summed E-state index contributed by atoms with van der Waals surface area (Å²) in [6.07, 6.45) is 0.255. The molecule has 0 radical (unpaired) electrons. The van der Waals surface area contributed by atoms with E-state index in [9.17, 15) is 9.59 Å².